The lowest BCUT2D eigenvalue weighted by Gasteiger charge is -2.06. The number of rotatable bonds is 8. The van der Waals surface area contributed by atoms with Crippen LogP contribution < -0.4 is 9.47 Å². The van der Waals surface area contributed by atoms with Gasteiger partial charge in [0.2, 0.25) is 0 Å². The summed E-state index contributed by atoms with van der Waals surface area (Å²) in [6.07, 6.45) is 2.16. The molecule has 2 aromatic rings. The average Bonchev–Trinajstić information content (AvgIpc) is 2.96. The normalized spacial score (nSPS) is 10.5. The van der Waals surface area contributed by atoms with Gasteiger partial charge in [-0.05, 0) is 37.1 Å². The van der Waals surface area contributed by atoms with E-state index in [-0.39, 0.29) is 0 Å². The van der Waals surface area contributed by atoms with Crippen molar-refractivity contribution in [2.45, 2.75) is 26.2 Å². The van der Waals surface area contributed by atoms with Crippen molar-refractivity contribution in [1.82, 2.24) is 4.98 Å². The van der Waals surface area contributed by atoms with Crippen LogP contribution >= 0.6 is 11.3 Å². The molecule has 0 spiro atoms. The highest BCUT2D eigenvalue weighted by molar-refractivity contribution is 7.13. The van der Waals surface area contributed by atoms with Crippen LogP contribution in [0, 0.1) is 0 Å². The maximum absolute atomic E-state index is 11.1. The third-order valence-corrected chi connectivity index (χ3v) is 4.28. The van der Waals surface area contributed by atoms with Gasteiger partial charge >= 0.3 is 5.97 Å². The second kappa shape index (κ2) is 7.79. The molecule has 0 unspecified atom stereocenters. The molecule has 1 aromatic carbocycles. The van der Waals surface area contributed by atoms with E-state index in [2.05, 4.69) is 4.98 Å². The maximum Gasteiger partial charge on any atom is 0.347 e. The zero-order chi connectivity index (χ0) is 15.9. The van der Waals surface area contributed by atoms with E-state index in [1.165, 1.54) is 11.3 Å². The van der Waals surface area contributed by atoms with E-state index < -0.39 is 5.97 Å². The minimum absolute atomic E-state index is 0.355. The summed E-state index contributed by atoms with van der Waals surface area (Å²) < 4.78 is 10.7. The summed E-state index contributed by atoms with van der Waals surface area (Å²) in [7, 11) is 1.62. The van der Waals surface area contributed by atoms with Crippen molar-refractivity contribution in [3.63, 3.8) is 0 Å². The van der Waals surface area contributed by atoms with Crippen LogP contribution in [0.15, 0.2) is 24.3 Å². The van der Waals surface area contributed by atoms with Gasteiger partial charge in [-0.2, -0.15) is 0 Å². The topological polar surface area (TPSA) is 68.7 Å². The fourth-order valence-electron chi connectivity index (χ4n) is 2.00. The predicted molar refractivity (Wildman–Crippen MR) is 85.3 cm³/mol. The molecule has 0 aliphatic rings. The van der Waals surface area contributed by atoms with Gasteiger partial charge in [0.1, 0.15) is 16.4 Å². The Hall–Kier alpha value is -2.08. The molecular formula is C16H19NO4S. The summed E-state index contributed by atoms with van der Waals surface area (Å²) in [5.41, 5.74) is 0.670. The summed E-state index contributed by atoms with van der Waals surface area (Å²) in [6.45, 7) is 2.48. The van der Waals surface area contributed by atoms with Gasteiger partial charge in [-0.3, -0.25) is 0 Å². The Morgan fingerprint density at radius 1 is 1.27 bits per heavy atom. The number of ether oxygens (including phenoxy) is 2. The number of carboxylic acids is 1. The number of nitrogens with zero attached hydrogens (tertiary/aromatic N) is 1. The molecule has 118 valence electrons. The first kappa shape index (κ1) is 16.3. The van der Waals surface area contributed by atoms with Crippen molar-refractivity contribution in [1.29, 1.82) is 0 Å². The molecule has 0 aliphatic carbocycles. The fraction of sp³-hybridized carbons (Fsp3) is 0.375. The number of thiazole rings is 1. The standard InChI is InChI=1S/C16H19NO4S/c1-3-13-15(16(18)19)22-14(17-13)5-4-10-21-12-8-6-11(20-2)7-9-12/h6-9H,3-5,10H2,1-2H3,(H,18,19). The monoisotopic (exact) mass is 321 g/mol. The number of carboxylic acid groups (broad SMARTS) is 1. The van der Waals surface area contributed by atoms with E-state index in [0.29, 0.717) is 23.6 Å². The van der Waals surface area contributed by atoms with E-state index in [0.717, 1.165) is 29.3 Å². The number of hydrogen-bond acceptors (Lipinski definition) is 5. The third kappa shape index (κ3) is 4.21. The first-order valence-corrected chi connectivity index (χ1v) is 7.94. The smallest absolute Gasteiger partial charge is 0.347 e. The quantitative estimate of drug-likeness (QED) is 0.754. The van der Waals surface area contributed by atoms with Crippen molar-refractivity contribution in [2.24, 2.45) is 0 Å². The number of methoxy groups -OCH3 is 1. The number of aromatic nitrogens is 1. The van der Waals surface area contributed by atoms with Gasteiger partial charge < -0.3 is 14.6 Å². The Morgan fingerprint density at radius 3 is 2.50 bits per heavy atom. The molecule has 0 aliphatic heterocycles. The molecule has 0 saturated heterocycles. The first-order chi connectivity index (χ1) is 10.6. The Kier molecular flexibility index (Phi) is 5.77. The molecule has 0 bridgehead atoms. The van der Waals surface area contributed by atoms with Crippen LogP contribution in [-0.4, -0.2) is 29.8 Å². The van der Waals surface area contributed by atoms with Crippen LogP contribution in [0.4, 0.5) is 0 Å². The van der Waals surface area contributed by atoms with E-state index in [9.17, 15) is 4.79 Å². The van der Waals surface area contributed by atoms with Crippen LogP contribution in [0.25, 0.3) is 0 Å². The average molecular weight is 321 g/mol. The van der Waals surface area contributed by atoms with E-state index >= 15 is 0 Å². The van der Waals surface area contributed by atoms with E-state index in [1.807, 2.05) is 31.2 Å². The Balaban J connectivity index is 1.82. The molecule has 1 heterocycles. The summed E-state index contributed by atoms with van der Waals surface area (Å²) in [5, 5.41) is 9.96. The fourth-order valence-corrected chi connectivity index (χ4v) is 3.03. The number of benzene rings is 1. The number of aryl methyl sites for hydroxylation is 2. The minimum atomic E-state index is -0.893. The Bertz CT molecular complexity index is 622. The molecule has 1 N–H and O–H groups in total. The molecular weight excluding hydrogens is 302 g/mol. The summed E-state index contributed by atoms with van der Waals surface area (Å²) in [4.78, 5) is 15.8. The molecule has 0 radical (unpaired) electrons. The van der Waals surface area contributed by atoms with Crippen LogP contribution in [0.3, 0.4) is 0 Å². The van der Waals surface area contributed by atoms with Crippen LogP contribution in [0.1, 0.15) is 33.7 Å². The van der Waals surface area contributed by atoms with Gasteiger partial charge in [0, 0.05) is 6.42 Å². The van der Waals surface area contributed by atoms with Crippen molar-refractivity contribution in [3.05, 3.63) is 39.8 Å². The molecule has 0 amide bonds. The molecule has 2 rings (SSSR count). The molecule has 0 saturated carbocycles. The number of carbonyl (C=O) groups is 1. The van der Waals surface area contributed by atoms with E-state index in [1.54, 1.807) is 7.11 Å². The highest BCUT2D eigenvalue weighted by Crippen LogP contribution is 2.21. The maximum atomic E-state index is 11.1. The van der Waals surface area contributed by atoms with Gasteiger partial charge in [-0.25, -0.2) is 9.78 Å². The van der Waals surface area contributed by atoms with E-state index in [4.69, 9.17) is 14.6 Å². The molecule has 22 heavy (non-hydrogen) atoms. The van der Waals surface area contributed by atoms with Gasteiger partial charge in [-0.1, -0.05) is 6.92 Å². The van der Waals surface area contributed by atoms with Crippen LogP contribution in [0.2, 0.25) is 0 Å². The number of hydrogen-bond donors (Lipinski definition) is 1. The lowest BCUT2D eigenvalue weighted by Crippen LogP contribution is -1.99. The highest BCUT2D eigenvalue weighted by atomic mass is 32.1. The molecule has 1 aromatic heterocycles. The largest absolute Gasteiger partial charge is 0.497 e. The first-order valence-electron chi connectivity index (χ1n) is 7.12. The van der Waals surface area contributed by atoms with Gasteiger partial charge in [0.25, 0.3) is 0 Å². The van der Waals surface area contributed by atoms with Crippen molar-refractivity contribution in [3.8, 4) is 11.5 Å². The number of aromatic carboxylic acids is 1. The van der Waals surface area contributed by atoms with Gasteiger partial charge in [0.15, 0.2) is 0 Å². The lowest BCUT2D eigenvalue weighted by atomic mass is 10.3. The van der Waals surface area contributed by atoms with Crippen molar-refractivity contribution in [2.75, 3.05) is 13.7 Å². The van der Waals surface area contributed by atoms with Crippen LogP contribution in [-0.2, 0) is 12.8 Å². The summed E-state index contributed by atoms with van der Waals surface area (Å²) in [6, 6.07) is 7.42. The second-order valence-corrected chi connectivity index (χ2v) is 5.75. The van der Waals surface area contributed by atoms with Crippen LogP contribution in [0.5, 0.6) is 11.5 Å². The molecule has 6 heteroatoms. The van der Waals surface area contributed by atoms with Gasteiger partial charge in [0.05, 0.1) is 24.4 Å². The zero-order valence-electron chi connectivity index (χ0n) is 12.7. The molecule has 5 nitrogen and oxygen atoms in total. The molecule has 0 atom stereocenters. The summed E-state index contributed by atoms with van der Waals surface area (Å²) >= 11 is 1.26. The SMILES string of the molecule is CCc1nc(CCCOc2ccc(OC)cc2)sc1C(=O)O. The Labute approximate surface area is 133 Å². The van der Waals surface area contributed by atoms with Crippen molar-refractivity contribution < 1.29 is 19.4 Å². The third-order valence-electron chi connectivity index (χ3n) is 3.13. The minimum Gasteiger partial charge on any atom is -0.497 e. The second-order valence-electron chi connectivity index (χ2n) is 4.67. The highest BCUT2D eigenvalue weighted by Gasteiger charge is 2.15. The summed E-state index contributed by atoms with van der Waals surface area (Å²) in [5.74, 6) is 0.693. The van der Waals surface area contributed by atoms with Gasteiger partial charge in [-0.15, -0.1) is 11.3 Å². The van der Waals surface area contributed by atoms with Crippen molar-refractivity contribution >= 4 is 17.3 Å². The Morgan fingerprint density at radius 2 is 1.95 bits per heavy atom. The zero-order valence-corrected chi connectivity index (χ0v) is 13.5. The lowest BCUT2D eigenvalue weighted by molar-refractivity contribution is 0.0701. The predicted octanol–water partition coefficient (Wildman–Crippen LogP) is 3.42. The molecule has 0 fully saturated rings.